The number of pyridine rings is 1. The van der Waals surface area contributed by atoms with Gasteiger partial charge in [-0.3, -0.25) is 14.8 Å². The van der Waals surface area contributed by atoms with Gasteiger partial charge in [0.05, 0.1) is 29.2 Å². The average Bonchev–Trinajstić information content (AvgIpc) is 2.89. The highest BCUT2D eigenvalue weighted by Crippen LogP contribution is 2.17. The number of carbonyl (C=O) groups is 1. The molecule has 0 N–H and O–H groups in total. The average molecular weight is 253 g/mol. The van der Waals surface area contributed by atoms with Gasteiger partial charge >= 0.3 is 0 Å². The maximum atomic E-state index is 10.9. The Morgan fingerprint density at radius 2 is 2.05 bits per heavy atom. The van der Waals surface area contributed by atoms with E-state index in [1.807, 2.05) is 22.7 Å². The summed E-state index contributed by atoms with van der Waals surface area (Å²) < 4.78 is 7.64. The molecule has 0 unspecified atom stereocenters. The monoisotopic (exact) mass is 253 g/mol. The number of ether oxygens (including phenoxy) is 1. The summed E-state index contributed by atoms with van der Waals surface area (Å²) in [6.07, 6.45) is 9.24. The molecule has 5 nitrogen and oxygen atoms in total. The van der Waals surface area contributed by atoms with Crippen LogP contribution in [0.2, 0.25) is 0 Å². The fourth-order valence-electron chi connectivity index (χ4n) is 1.90. The van der Waals surface area contributed by atoms with E-state index in [-0.39, 0.29) is 0 Å². The Bertz CT molecular complexity index is 721. The van der Waals surface area contributed by atoms with E-state index in [4.69, 9.17) is 4.74 Å². The van der Waals surface area contributed by atoms with Gasteiger partial charge in [0, 0.05) is 18.6 Å². The zero-order valence-corrected chi connectivity index (χ0v) is 10.1. The van der Waals surface area contributed by atoms with Crippen molar-refractivity contribution in [3.05, 3.63) is 60.4 Å². The molecule has 0 radical (unpaired) electrons. The first-order valence-electron chi connectivity index (χ1n) is 5.80. The molecule has 3 aromatic rings. The van der Waals surface area contributed by atoms with Crippen molar-refractivity contribution in [3.8, 4) is 5.75 Å². The second kappa shape index (κ2) is 4.89. The van der Waals surface area contributed by atoms with E-state index >= 15 is 0 Å². The van der Waals surface area contributed by atoms with E-state index in [9.17, 15) is 4.79 Å². The summed E-state index contributed by atoms with van der Waals surface area (Å²) >= 11 is 0. The number of aldehydes is 1. The molecule has 0 amide bonds. The largest absolute Gasteiger partial charge is 0.485 e. The van der Waals surface area contributed by atoms with Crippen LogP contribution >= 0.6 is 0 Å². The van der Waals surface area contributed by atoms with Crippen LogP contribution in [0.1, 0.15) is 16.1 Å². The molecule has 3 aromatic heterocycles. The lowest BCUT2D eigenvalue weighted by atomic mass is 10.3. The van der Waals surface area contributed by atoms with Gasteiger partial charge in [0.15, 0.2) is 6.29 Å². The molecular formula is C14H11N3O2. The highest BCUT2D eigenvalue weighted by molar-refractivity contribution is 5.78. The Morgan fingerprint density at radius 3 is 2.95 bits per heavy atom. The van der Waals surface area contributed by atoms with Crippen LogP contribution in [0.25, 0.3) is 5.52 Å². The third-order valence-electron chi connectivity index (χ3n) is 2.86. The van der Waals surface area contributed by atoms with Crippen molar-refractivity contribution < 1.29 is 9.53 Å². The SMILES string of the molecule is O=Cc1ccncc1OCc1ccc2cnccn12. The number of rotatable bonds is 4. The maximum Gasteiger partial charge on any atom is 0.153 e. The number of fused-ring (bicyclic) bond motifs is 1. The minimum Gasteiger partial charge on any atom is -0.485 e. The minimum absolute atomic E-state index is 0.366. The van der Waals surface area contributed by atoms with Gasteiger partial charge in [0.1, 0.15) is 12.4 Å². The molecular weight excluding hydrogens is 242 g/mol. The van der Waals surface area contributed by atoms with Crippen LogP contribution in [0, 0.1) is 0 Å². The molecule has 5 heteroatoms. The maximum absolute atomic E-state index is 10.9. The predicted octanol–water partition coefficient (Wildman–Crippen LogP) is 2.12. The van der Waals surface area contributed by atoms with Crippen molar-refractivity contribution in [2.45, 2.75) is 6.61 Å². The summed E-state index contributed by atoms with van der Waals surface area (Å²) in [5.74, 6) is 0.488. The minimum atomic E-state index is 0.366. The highest BCUT2D eigenvalue weighted by Gasteiger charge is 2.05. The third kappa shape index (κ3) is 2.18. The molecule has 0 aliphatic rings. The molecule has 0 atom stereocenters. The van der Waals surface area contributed by atoms with E-state index in [0.717, 1.165) is 17.5 Å². The number of nitrogens with zero attached hydrogens (tertiary/aromatic N) is 3. The molecule has 0 aliphatic heterocycles. The number of hydrogen-bond acceptors (Lipinski definition) is 4. The van der Waals surface area contributed by atoms with Gasteiger partial charge in [-0.25, -0.2) is 0 Å². The zero-order valence-electron chi connectivity index (χ0n) is 10.1. The van der Waals surface area contributed by atoms with E-state index < -0.39 is 0 Å². The van der Waals surface area contributed by atoms with Gasteiger partial charge in [-0.2, -0.15) is 0 Å². The van der Waals surface area contributed by atoms with Gasteiger partial charge in [-0.05, 0) is 18.2 Å². The standard InChI is InChI=1S/C14H11N3O2/c18-9-11-3-4-15-8-14(11)19-10-13-2-1-12-7-16-5-6-17(12)13/h1-9H,10H2. The van der Waals surface area contributed by atoms with Crippen molar-refractivity contribution in [3.63, 3.8) is 0 Å². The molecule has 3 rings (SSSR count). The number of aromatic nitrogens is 3. The van der Waals surface area contributed by atoms with Crippen molar-refractivity contribution in [2.24, 2.45) is 0 Å². The second-order valence-electron chi connectivity index (χ2n) is 4.02. The summed E-state index contributed by atoms with van der Waals surface area (Å²) in [5, 5.41) is 0. The molecule has 0 saturated carbocycles. The van der Waals surface area contributed by atoms with Crippen LogP contribution in [0.15, 0.2) is 49.2 Å². The summed E-state index contributed by atoms with van der Waals surface area (Å²) in [6, 6.07) is 5.56. The van der Waals surface area contributed by atoms with Crippen molar-refractivity contribution >= 4 is 11.8 Å². The van der Waals surface area contributed by atoms with Crippen LogP contribution in [-0.2, 0) is 6.61 Å². The van der Waals surface area contributed by atoms with Crippen molar-refractivity contribution in [2.75, 3.05) is 0 Å². The van der Waals surface area contributed by atoms with Crippen LogP contribution < -0.4 is 4.74 Å². The van der Waals surface area contributed by atoms with Gasteiger partial charge in [-0.15, -0.1) is 0 Å². The molecule has 94 valence electrons. The van der Waals surface area contributed by atoms with Crippen molar-refractivity contribution in [1.82, 2.24) is 14.4 Å². The van der Waals surface area contributed by atoms with E-state index in [1.165, 1.54) is 0 Å². The Kier molecular flexibility index (Phi) is 2.94. The van der Waals surface area contributed by atoms with Gasteiger partial charge in [0.2, 0.25) is 0 Å². The van der Waals surface area contributed by atoms with Gasteiger partial charge in [-0.1, -0.05) is 0 Å². The molecule has 0 fully saturated rings. The van der Waals surface area contributed by atoms with Crippen LogP contribution in [0.4, 0.5) is 0 Å². The molecule has 19 heavy (non-hydrogen) atoms. The van der Waals surface area contributed by atoms with E-state index in [0.29, 0.717) is 17.9 Å². The number of hydrogen-bond donors (Lipinski definition) is 0. The lowest BCUT2D eigenvalue weighted by molar-refractivity contribution is 0.111. The summed E-state index contributed by atoms with van der Waals surface area (Å²) in [5.41, 5.74) is 2.48. The Morgan fingerprint density at radius 1 is 1.16 bits per heavy atom. The molecule has 0 bridgehead atoms. The quantitative estimate of drug-likeness (QED) is 0.668. The Hall–Kier alpha value is -2.69. The van der Waals surface area contributed by atoms with Crippen molar-refractivity contribution in [1.29, 1.82) is 0 Å². The molecule has 0 saturated heterocycles. The first-order chi connectivity index (χ1) is 9.38. The highest BCUT2D eigenvalue weighted by atomic mass is 16.5. The second-order valence-corrected chi connectivity index (χ2v) is 4.02. The van der Waals surface area contributed by atoms with Crippen LogP contribution in [0.3, 0.4) is 0 Å². The smallest absolute Gasteiger partial charge is 0.153 e. The molecule has 0 aliphatic carbocycles. The number of carbonyl (C=O) groups excluding carboxylic acids is 1. The fraction of sp³-hybridized carbons (Fsp3) is 0.0714. The van der Waals surface area contributed by atoms with Gasteiger partial charge < -0.3 is 9.14 Å². The summed E-state index contributed by atoms with van der Waals surface area (Å²) in [4.78, 5) is 18.9. The molecule has 0 aromatic carbocycles. The van der Waals surface area contributed by atoms with Crippen LogP contribution in [0.5, 0.6) is 5.75 Å². The van der Waals surface area contributed by atoms with E-state index in [1.54, 1.807) is 30.9 Å². The first-order valence-corrected chi connectivity index (χ1v) is 5.80. The first kappa shape index (κ1) is 11.4. The fourth-order valence-corrected chi connectivity index (χ4v) is 1.90. The van der Waals surface area contributed by atoms with Gasteiger partial charge in [0.25, 0.3) is 0 Å². The van der Waals surface area contributed by atoms with Crippen LogP contribution in [-0.4, -0.2) is 20.7 Å². The Labute approximate surface area is 109 Å². The normalized spacial score (nSPS) is 10.5. The summed E-state index contributed by atoms with van der Waals surface area (Å²) in [7, 11) is 0. The van der Waals surface area contributed by atoms with E-state index in [2.05, 4.69) is 9.97 Å². The zero-order chi connectivity index (χ0) is 13.1. The lowest BCUT2D eigenvalue weighted by Crippen LogP contribution is -2.01. The molecule has 3 heterocycles. The predicted molar refractivity (Wildman–Crippen MR) is 69.1 cm³/mol. The molecule has 0 spiro atoms. The third-order valence-corrected chi connectivity index (χ3v) is 2.86. The summed E-state index contributed by atoms with van der Waals surface area (Å²) in [6.45, 7) is 0.366. The Balaban J connectivity index is 1.84. The lowest BCUT2D eigenvalue weighted by Gasteiger charge is -2.07. The topological polar surface area (TPSA) is 56.5 Å².